The van der Waals surface area contributed by atoms with Gasteiger partial charge in [0.05, 0.1) is 7.11 Å². The summed E-state index contributed by atoms with van der Waals surface area (Å²) in [6, 6.07) is 11.0. The molecule has 4 N–H and O–H groups in total. The predicted octanol–water partition coefficient (Wildman–Crippen LogP) is 2.26. The fourth-order valence-corrected chi connectivity index (χ4v) is 5.35. The van der Waals surface area contributed by atoms with Crippen LogP contribution in [0.1, 0.15) is 46.2 Å². The molecule has 3 aromatic rings. The van der Waals surface area contributed by atoms with Crippen molar-refractivity contribution in [1.82, 2.24) is 25.5 Å². The second-order valence-electron chi connectivity index (χ2n) is 9.40. The van der Waals surface area contributed by atoms with Gasteiger partial charge in [-0.1, -0.05) is 28.9 Å². The van der Waals surface area contributed by atoms with E-state index < -0.39 is 0 Å². The van der Waals surface area contributed by atoms with Crippen molar-refractivity contribution in [3.8, 4) is 11.5 Å². The molecule has 1 aromatic heterocycles. The number of nitrogens with zero attached hydrogens (tertiary/aromatic N) is 4. The number of hydrogen-bond donors (Lipinski definition) is 3. The molecular weight excluding hydrogens is 446 g/mol. The number of ether oxygens (including phenoxy) is 2. The molecule has 0 radical (unpaired) electrons. The molecule has 1 amide bonds. The quantitative estimate of drug-likeness (QED) is 0.493. The van der Waals surface area contributed by atoms with E-state index in [-0.39, 0.29) is 30.5 Å². The summed E-state index contributed by atoms with van der Waals surface area (Å²) in [6.07, 6.45) is 1.78. The number of methoxy groups -OCH3 is 1. The second-order valence-corrected chi connectivity index (χ2v) is 9.40. The summed E-state index contributed by atoms with van der Waals surface area (Å²) in [4.78, 5) is 14.7. The average molecular weight is 478 g/mol. The lowest BCUT2D eigenvalue weighted by Gasteiger charge is -2.46. The van der Waals surface area contributed by atoms with E-state index in [2.05, 4.69) is 62.9 Å². The minimum absolute atomic E-state index is 0.0680. The van der Waals surface area contributed by atoms with Gasteiger partial charge in [-0.2, -0.15) is 5.21 Å². The molecule has 10 nitrogen and oxygen atoms in total. The smallest absolute Gasteiger partial charge is 0.269 e. The Hall–Kier alpha value is -3.50. The molecule has 2 aliphatic heterocycles. The summed E-state index contributed by atoms with van der Waals surface area (Å²) in [5.74, 6) is 1.17. The number of hydrogen-bond acceptors (Lipinski definition) is 8. The van der Waals surface area contributed by atoms with Crippen LogP contribution in [0.25, 0.3) is 0 Å². The molecule has 35 heavy (non-hydrogen) atoms. The van der Waals surface area contributed by atoms with Crippen LogP contribution in [0.2, 0.25) is 0 Å². The van der Waals surface area contributed by atoms with Crippen LogP contribution >= 0.6 is 0 Å². The van der Waals surface area contributed by atoms with Gasteiger partial charge in [-0.05, 0) is 66.3 Å². The third kappa shape index (κ3) is 4.71. The Kier molecular flexibility index (Phi) is 6.40. The second kappa shape index (κ2) is 9.63. The molecule has 0 saturated carbocycles. The van der Waals surface area contributed by atoms with Crippen molar-refractivity contribution in [2.45, 2.75) is 44.7 Å². The maximum Gasteiger partial charge on any atom is 0.269 e. The van der Waals surface area contributed by atoms with Crippen LogP contribution in [0.15, 0.2) is 30.3 Å². The summed E-state index contributed by atoms with van der Waals surface area (Å²) >= 11 is 0. The lowest BCUT2D eigenvalue weighted by atomic mass is 9.77. The zero-order valence-corrected chi connectivity index (χ0v) is 20.2. The fraction of sp³-hybridized carbons (Fsp3) is 0.440. The van der Waals surface area contributed by atoms with Crippen LogP contribution in [-0.2, 0) is 11.2 Å². The molecule has 0 spiro atoms. The highest BCUT2D eigenvalue weighted by molar-refractivity contribution is 5.90. The van der Waals surface area contributed by atoms with Gasteiger partial charge in [0.2, 0.25) is 0 Å². The first-order chi connectivity index (χ1) is 16.9. The molecular formula is C25H31N7O3. The summed E-state index contributed by atoms with van der Waals surface area (Å²) in [6.45, 7) is 6.01. The third-order valence-corrected chi connectivity index (χ3v) is 7.13. The number of nitrogens with one attached hydrogen (secondary N) is 2. The highest BCUT2D eigenvalue weighted by atomic mass is 16.5. The van der Waals surface area contributed by atoms with Crippen LogP contribution in [0, 0.1) is 13.8 Å². The first-order valence-corrected chi connectivity index (χ1v) is 11.9. The Morgan fingerprint density at radius 1 is 1.23 bits per heavy atom. The lowest BCUT2D eigenvalue weighted by Crippen LogP contribution is -2.49. The standard InChI is InChI=1S/C25H31N7O3/c1-14-4-5-15(2)17(8-14)19-12-32-7-6-16-9-23(35-13-24(33)27-25-28-30-31-29-25)22(34-3)10-18(16)21(32)11-20(19)26/h4-5,8-10,19-21H,6-7,11-13,26H2,1-3H3,(H2,27,28,29,30,31,33)/t19-,20+,21+/m0/s1. The highest BCUT2D eigenvalue weighted by Crippen LogP contribution is 2.44. The van der Waals surface area contributed by atoms with Crippen LogP contribution in [0.3, 0.4) is 0 Å². The number of rotatable bonds is 6. The van der Waals surface area contributed by atoms with Crippen molar-refractivity contribution in [2.24, 2.45) is 5.73 Å². The van der Waals surface area contributed by atoms with Gasteiger partial charge in [-0.25, -0.2) is 0 Å². The van der Waals surface area contributed by atoms with E-state index in [1.807, 2.05) is 12.1 Å². The Labute approximate surface area is 204 Å². The van der Waals surface area contributed by atoms with E-state index in [0.717, 1.165) is 25.9 Å². The van der Waals surface area contributed by atoms with Crippen LogP contribution < -0.4 is 20.5 Å². The van der Waals surface area contributed by atoms with Crippen molar-refractivity contribution in [2.75, 3.05) is 32.1 Å². The Morgan fingerprint density at radius 3 is 2.86 bits per heavy atom. The van der Waals surface area contributed by atoms with Crippen molar-refractivity contribution >= 4 is 11.9 Å². The minimum atomic E-state index is -0.381. The molecule has 0 bridgehead atoms. The maximum absolute atomic E-state index is 12.2. The number of carbonyl (C=O) groups excluding carboxylic acids is 1. The minimum Gasteiger partial charge on any atom is -0.493 e. The maximum atomic E-state index is 12.2. The molecule has 5 rings (SSSR count). The number of anilines is 1. The molecule has 0 unspecified atom stereocenters. The number of aromatic nitrogens is 4. The molecule has 1 saturated heterocycles. The van der Waals surface area contributed by atoms with Crippen molar-refractivity contribution in [1.29, 1.82) is 0 Å². The lowest BCUT2D eigenvalue weighted by molar-refractivity contribution is -0.118. The van der Waals surface area contributed by atoms with Gasteiger partial charge in [0.15, 0.2) is 18.1 Å². The van der Waals surface area contributed by atoms with Gasteiger partial charge in [-0.3, -0.25) is 15.0 Å². The van der Waals surface area contributed by atoms with Gasteiger partial charge in [0.25, 0.3) is 11.9 Å². The first-order valence-electron chi connectivity index (χ1n) is 11.9. The fourth-order valence-electron chi connectivity index (χ4n) is 5.35. The summed E-state index contributed by atoms with van der Waals surface area (Å²) < 4.78 is 11.4. The Morgan fingerprint density at radius 2 is 2.09 bits per heavy atom. The SMILES string of the molecule is COc1cc2c(cc1OCC(=O)Nc1nn[nH]n1)CCN1C[C@@H](c3cc(C)ccc3C)[C@H](N)C[C@H]21. The summed E-state index contributed by atoms with van der Waals surface area (Å²) in [5.41, 5.74) is 13.2. The largest absolute Gasteiger partial charge is 0.493 e. The van der Waals surface area contributed by atoms with Crippen LogP contribution in [0.5, 0.6) is 11.5 Å². The van der Waals surface area contributed by atoms with E-state index >= 15 is 0 Å². The van der Waals surface area contributed by atoms with Gasteiger partial charge < -0.3 is 15.2 Å². The van der Waals surface area contributed by atoms with E-state index in [1.54, 1.807) is 7.11 Å². The number of aromatic amines is 1. The summed E-state index contributed by atoms with van der Waals surface area (Å²) in [7, 11) is 1.61. The molecule has 3 atom stereocenters. The number of H-pyrrole nitrogens is 1. The number of fused-ring (bicyclic) bond motifs is 3. The van der Waals surface area contributed by atoms with E-state index in [4.69, 9.17) is 15.2 Å². The predicted molar refractivity (Wildman–Crippen MR) is 131 cm³/mol. The normalized spacial score (nSPS) is 21.7. The van der Waals surface area contributed by atoms with Gasteiger partial charge in [0.1, 0.15) is 0 Å². The number of piperidine rings is 1. The van der Waals surface area contributed by atoms with Gasteiger partial charge in [-0.15, -0.1) is 5.10 Å². The highest BCUT2D eigenvalue weighted by Gasteiger charge is 2.39. The number of aryl methyl sites for hydroxylation is 2. The number of tetrazole rings is 1. The van der Waals surface area contributed by atoms with Crippen LogP contribution in [-0.4, -0.2) is 64.3 Å². The summed E-state index contributed by atoms with van der Waals surface area (Å²) in [5, 5.41) is 15.6. The monoisotopic (exact) mass is 477 g/mol. The number of benzene rings is 2. The number of carbonyl (C=O) groups is 1. The van der Waals surface area contributed by atoms with Gasteiger partial charge in [0, 0.05) is 31.1 Å². The molecule has 2 aromatic carbocycles. The number of nitrogens with two attached hydrogens (primary N) is 1. The van der Waals surface area contributed by atoms with Crippen molar-refractivity contribution < 1.29 is 14.3 Å². The van der Waals surface area contributed by atoms with E-state index in [1.165, 1.54) is 27.8 Å². The zero-order valence-electron chi connectivity index (χ0n) is 20.2. The molecule has 10 heteroatoms. The molecule has 1 fully saturated rings. The van der Waals surface area contributed by atoms with E-state index in [9.17, 15) is 4.79 Å². The van der Waals surface area contributed by atoms with Crippen molar-refractivity contribution in [3.63, 3.8) is 0 Å². The Bertz CT molecular complexity index is 1210. The zero-order chi connectivity index (χ0) is 24.5. The van der Waals surface area contributed by atoms with Crippen molar-refractivity contribution in [3.05, 3.63) is 58.1 Å². The average Bonchev–Trinajstić information content (AvgIpc) is 3.36. The van der Waals surface area contributed by atoms with Crippen LogP contribution in [0.4, 0.5) is 5.95 Å². The third-order valence-electron chi connectivity index (χ3n) is 7.13. The first kappa shape index (κ1) is 23.3. The molecule has 184 valence electrons. The molecule has 2 aliphatic rings. The number of amides is 1. The molecule has 0 aliphatic carbocycles. The van der Waals surface area contributed by atoms with Gasteiger partial charge >= 0.3 is 0 Å². The topological polar surface area (TPSA) is 131 Å². The molecule has 3 heterocycles. The van der Waals surface area contributed by atoms with E-state index in [0.29, 0.717) is 17.4 Å². The Balaban J connectivity index is 1.33.